The Hall–Kier alpha value is -1.71. The highest BCUT2D eigenvalue weighted by Gasteiger charge is 2.26. The average Bonchev–Trinajstić information content (AvgIpc) is 3.29. The molecule has 0 bridgehead atoms. The van der Waals surface area contributed by atoms with Crippen LogP contribution in [0, 0.1) is 0 Å². The van der Waals surface area contributed by atoms with Crippen LogP contribution in [-0.2, 0) is 19.1 Å². The first kappa shape index (κ1) is 59.3. The minimum absolute atomic E-state index is 0.101. The Labute approximate surface area is 391 Å². The standard InChI is InChI=1S/C54H107N5O4/c1-6-11-16-20-24-28-33-39-55(38-32-27-23-19-14-9-4)43-44-57(41-35-30-26-22-18-13-8-3)51-53(61)59-47-45-58(46-48-59)52(60)50-56(40-34-29-25-21-17-12-7-2)42-36-49-63-54(62)37-31-15-10-5/h6-51H2,1-5H3. The number of carbonyl (C=O) groups is 3. The molecule has 1 fully saturated rings. The first-order valence-electron chi connectivity index (χ1n) is 27.8. The number of nitrogens with zero attached hydrogens (tertiary/aromatic N) is 5. The molecule has 1 aliphatic heterocycles. The highest BCUT2D eigenvalue weighted by molar-refractivity contribution is 5.80. The molecule has 1 aliphatic rings. The zero-order valence-electron chi connectivity index (χ0n) is 42.9. The predicted molar refractivity (Wildman–Crippen MR) is 270 cm³/mol. The molecule has 9 heteroatoms. The number of esters is 1. The summed E-state index contributed by atoms with van der Waals surface area (Å²) in [7, 11) is 0. The van der Waals surface area contributed by atoms with E-state index in [0.29, 0.717) is 52.3 Å². The van der Waals surface area contributed by atoms with E-state index in [1.165, 1.54) is 174 Å². The lowest BCUT2D eigenvalue weighted by Gasteiger charge is -2.37. The Bertz CT molecular complexity index is 1040. The van der Waals surface area contributed by atoms with E-state index in [2.05, 4.69) is 49.3 Å². The molecule has 1 saturated heterocycles. The molecule has 0 N–H and O–H groups in total. The van der Waals surface area contributed by atoms with Crippen molar-refractivity contribution < 1.29 is 19.1 Å². The SMILES string of the molecule is CCCCCCCCCN(CCCCCCCC)CCN(CCCCCCCCC)CC(=O)N1CCN(C(=O)CN(CCCCCCCCC)CCCOC(=O)CCCCC)CC1. The number of carbonyl (C=O) groups excluding carboxylic acids is 3. The zero-order valence-corrected chi connectivity index (χ0v) is 42.9. The summed E-state index contributed by atoms with van der Waals surface area (Å²) in [6.07, 6.45) is 39.3. The van der Waals surface area contributed by atoms with E-state index < -0.39 is 0 Å². The first-order chi connectivity index (χ1) is 30.9. The van der Waals surface area contributed by atoms with Crippen molar-refractivity contribution in [3.8, 4) is 0 Å². The van der Waals surface area contributed by atoms with Gasteiger partial charge >= 0.3 is 5.97 Å². The van der Waals surface area contributed by atoms with Crippen LogP contribution < -0.4 is 0 Å². The number of ether oxygens (including phenoxy) is 1. The van der Waals surface area contributed by atoms with E-state index in [0.717, 1.165) is 71.2 Å². The van der Waals surface area contributed by atoms with Crippen molar-refractivity contribution in [2.75, 3.05) is 91.7 Å². The summed E-state index contributed by atoms with van der Waals surface area (Å²) in [5, 5.41) is 0. The van der Waals surface area contributed by atoms with Gasteiger partial charge in [0, 0.05) is 52.2 Å². The molecule has 0 spiro atoms. The molecule has 0 aliphatic carbocycles. The van der Waals surface area contributed by atoms with Crippen molar-refractivity contribution in [3.05, 3.63) is 0 Å². The average molecular weight is 890 g/mol. The summed E-state index contributed by atoms with van der Waals surface area (Å²) < 4.78 is 5.53. The molecule has 2 amide bonds. The number of amides is 2. The molecule has 0 unspecified atom stereocenters. The Kier molecular flexibility index (Phi) is 41.6. The molecule has 0 aromatic rings. The third-order valence-electron chi connectivity index (χ3n) is 13.4. The second-order valence-corrected chi connectivity index (χ2v) is 19.3. The van der Waals surface area contributed by atoms with Gasteiger partial charge in [-0.15, -0.1) is 0 Å². The van der Waals surface area contributed by atoms with Crippen LogP contribution >= 0.6 is 0 Å². The van der Waals surface area contributed by atoms with Crippen molar-refractivity contribution in [2.24, 2.45) is 0 Å². The van der Waals surface area contributed by atoms with Gasteiger partial charge in [0.15, 0.2) is 0 Å². The second-order valence-electron chi connectivity index (χ2n) is 19.3. The first-order valence-corrected chi connectivity index (χ1v) is 27.8. The maximum atomic E-state index is 14.0. The summed E-state index contributed by atoms with van der Waals surface area (Å²) in [5.74, 6) is 0.286. The fraction of sp³-hybridized carbons (Fsp3) is 0.944. The van der Waals surface area contributed by atoms with E-state index >= 15 is 0 Å². The number of unbranched alkanes of at least 4 members (excludes halogenated alkanes) is 25. The molecular weight excluding hydrogens is 783 g/mol. The van der Waals surface area contributed by atoms with Gasteiger partial charge in [0.2, 0.25) is 11.8 Å². The van der Waals surface area contributed by atoms with Crippen LogP contribution in [0.15, 0.2) is 0 Å². The van der Waals surface area contributed by atoms with E-state index in [4.69, 9.17) is 4.74 Å². The summed E-state index contributed by atoms with van der Waals surface area (Å²) in [4.78, 5) is 51.3. The summed E-state index contributed by atoms with van der Waals surface area (Å²) in [5.41, 5.74) is 0. The van der Waals surface area contributed by atoms with Crippen molar-refractivity contribution >= 4 is 17.8 Å². The smallest absolute Gasteiger partial charge is 0.305 e. The van der Waals surface area contributed by atoms with Crippen LogP contribution in [0.3, 0.4) is 0 Å². The summed E-state index contributed by atoms with van der Waals surface area (Å²) in [6, 6.07) is 0. The van der Waals surface area contributed by atoms with Crippen molar-refractivity contribution in [1.82, 2.24) is 24.5 Å². The van der Waals surface area contributed by atoms with Crippen LogP contribution in [0.4, 0.5) is 0 Å². The van der Waals surface area contributed by atoms with Gasteiger partial charge in [0.1, 0.15) is 0 Å². The number of hydrogen-bond donors (Lipinski definition) is 0. The molecule has 1 rings (SSSR count). The van der Waals surface area contributed by atoms with Gasteiger partial charge in [-0.3, -0.25) is 24.2 Å². The third-order valence-corrected chi connectivity index (χ3v) is 13.4. The normalized spacial score (nSPS) is 13.3. The van der Waals surface area contributed by atoms with Gasteiger partial charge in [-0.25, -0.2) is 0 Å². The van der Waals surface area contributed by atoms with Crippen LogP contribution in [0.5, 0.6) is 0 Å². The molecule has 1 heterocycles. The van der Waals surface area contributed by atoms with Gasteiger partial charge in [-0.1, -0.05) is 195 Å². The number of hydrogen-bond acceptors (Lipinski definition) is 7. The molecule has 0 atom stereocenters. The van der Waals surface area contributed by atoms with Gasteiger partial charge in [-0.05, 0) is 64.7 Å². The van der Waals surface area contributed by atoms with E-state index in [1.54, 1.807) is 0 Å². The van der Waals surface area contributed by atoms with Gasteiger partial charge in [0.25, 0.3) is 0 Å². The van der Waals surface area contributed by atoms with Crippen LogP contribution in [0.1, 0.15) is 240 Å². The Balaban J connectivity index is 2.79. The zero-order chi connectivity index (χ0) is 45.9. The van der Waals surface area contributed by atoms with Crippen molar-refractivity contribution in [3.63, 3.8) is 0 Å². The third kappa shape index (κ3) is 35.2. The molecule has 0 saturated carbocycles. The van der Waals surface area contributed by atoms with E-state index in [9.17, 15) is 14.4 Å². The van der Waals surface area contributed by atoms with E-state index in [1.807, 2.05) is 9.80 Å². The second kappa shape index (κ2) is 44.1. The lowest BCUT2D eigenvalue weighted by Crippen LogP contribution is -2.54. The molecule has 372 valence electrons. The number of piperazine rings is 1. The highest BCUT2D eigenvalue weighted by atomic mass is 16.5. The minimum Gasteiger partial charge on any atom is -0.466 e. The molecule has 0 aromatic heterocycles. The maximum Gasteiger partial charge on any atom is 0.305 e. The summed E-state index contributed by atoms with van der Waals surface area (Å²) in [6.45, 7) is 22.0. The monoisotopic (exact) mass is 890 g/mol. The predicted octanol–water partition coefficient (Wildman–Crippen LogP) is 12.7. The van der Waals surface area contributed by atoms with Crippen LogP contribution in [-0.4, -0.2) is 134 Å². The fourth-order valence-corrected chi connectivity index (χ4v) is 9.00. The van der Waals surface area contributed by atoms with E-state index in [-0.39, 0.29) is 17.8 Å². The Morgan fingerprint density at radius 3 is 1.02 bits per heavy atom. The molecule has 9 nitrogen and oxygen atoms in total. The topological polar surface area (TPSA) is 76.6 Å². The highest BCUT2D eigenvalue weighted by Crippen LogP contribution is 2.14. The van der Waals surface area contributed by atoms with Crippen molar-refractivity contribution in [1.29, 1.82) is 0 Å². The quantitative estimate of drug-likeness (QED) is 0.0445. The summed E-state index contributed by atoms with van der Waals surface area (Å²) >= 11 is 0. The van der Waals surface area contributed by atoms with Crippen LogP contribution in [0.25, 0.3) is 0 Å². The number of rotatable bonds is 46. The molecular formula is C54H107N5O4. The fourth-order valence-electron chi connectivity index (χ4n) is 9.00. The Morgan fingerprint density at radius 1 is 0.349 bits per heavy atom. The van der Waals surface area contributed by atoms with Crippen molar-refractivity contribution in [2.45, 2.75) is 240 Å². The minimum atomic E-state index is -0.101. The largest absolute Gasteiger partial charge is 0.466 e. The lowest BCUT2D eigenvalue weighted by molar-refractivity contribution is -0.144. The lowest BCUT2D eigenvalue weighted by atomic mass is 10.1. The van der Waals surface area contributed by atoms with Gasteiger partial charge < -0.3 is 19.4 Å². The van der Waals surface area contributed by atoms with Gasteiger partial charge in [0.05, 0.1) is 19.7 Å². The van der Waals surface area contributed by atoms with Gasteiger partial charge in [-0.2, -0.15) is 0 Å². The van der Waals surface area contributed by atoms with Crippen LogP contribution in [0.2, 0.25) is 0 Å². The Morgan fingerprint density at radius 2 is 0.635 bits per heavy atom. The molecule has 63 heavy (non-hydrogen) atoms. The molecule has 0 radical (unpaired) electrons. The maximum absolute atomic E-state index is 14.0. The molecule has 0 aromatic carbocycles.